The molecular formula is C12H10FN3O4. The van der Waals surface area contributed by atoms with Crippen LogP contribution in [-0.4, -0.2) is 14.5 Å². The molecule has 20 heavy (non-hydrogen) atoms. The van der Waals surface area contributed by atoms with E-state index in [4.69, 9.17) is 0 Å². The fourth-order valence-electron chi connectivity index (χ4n) is 1.73. The minimum atomic E-state index is -0.971. The minimum absolute atomic E-state index is 0.00533. The number of H-pyrrole nitrogens is 1. The first kappa shape index (κ1) is 13.7. The van der Waals surface area contributed by atoms with Gasteiger partial charge in [-0.05, 0) is 18.6 Å². The van der Waals surface area contributed by atoms with Crippen LogP contribution in [0.4, 0.5) is 10.1 Å². The average molecular weight is 279 g/mol. The second-order valence-electron chi connectivity index (χ2n) is 4.24. The standard InChI is InChI=1S/C12H10FN3O4/c1-7-5-15(12(18)14-11(7)17)6-8-2-3-10(16(19)20)9(13)4-8/h2-5H,6H2,1H3,(H,14,17,18). The number of hydrogen-bond donors (Lipinski definition) is 1. The zero-order valence-corrected chi connectivity index (χ0v) is 10.4. The van der Waals surface area contributed by atoms with Crippen molar-refractivity contribution < 1.29 is 9.31 Å². The third kappa shape index (κ3) is 2.63. The molecule has 0 spiro atoms. The van der Waals surface area contributed by atoms with Gasteiger partial charge in [0, 0.05) is 17.8 Å². The van der Waals surface area contributed by atoms with Crippen LogP contribution in [0.15, 0.2) is 34.0 Å². The fourth-order valence-corrected chi connectivity index (χ4v) is 1.73. The number of nitro benzene ring substituents is 1. The van der Waals surface area contributed by atoms with Crippen molar-refractivity contribution >= 4 is 5.69 Å². The Balaban J connectivity index is 2.38. The lowest BCUT2D eigenvalue weighted by Crippen LogP contribution is -2.31. The highest BCUT2D eigenvalue weighted by Crippen LogP contribution is 2.18. The Labute approximate surface area is 111 Å². The molecule has 0 atom stereocenters. The predicted molar refractivity (Wildman–Crippen MR) is 68.2 cm³/mol. The van der Waals surface area contributed by atoms with E-state index in [9.17, 15) is 24.1 Å². The maximum absolute atomic E-state index is 13.5. The summed E-state index contributed by atoms with van der Waals surface area (Å²) in [7, 11) is 0. The summed E-state index contributed by atoms with van der Waals surface area (Å²) in [6.45, 7) is 1.54. The summed E-state index contributed by atoms with van der Waals surface area (Å²) in [6.07, 6.45) is 1.35. The zero-order valence-electron chi connectivity index (χ0n) is 10.4. The number of hydrogen-bond acceptors (Lipinski definition) is 4. The van der Waals surface area contributed by atoms with Crippen LogP contribution in [0.5, 0.6) is 0 Å². The Hall–Kier alpha value is -2.77. The SMILES string of the molecule is Cc1cn(Cc2ccc([N+](=O)[O-])c(F)c2)c(=O)[nH]c1=O. The summed E-state index contributed by atoms with van der Waals surface area (Å²) >= 11 is 0. The number of halogens is 1. The highest BCUT2D eigenvalue weighted by Gasteiger charge is 2.14. The van der Waals surface area contributed by atoms with E-state index in [0.29, 0.717) is 11.1 Å². The van der Waals surface area contributed by atoms with Gasteiger partial charge in [-0.25, -0.2) is 4.79 Å². The second kappa shape index (κ2) is 5.08. The Bertz CT molecular complexity index is 794. The van der Waals surface area contributed by atoms with E-state index in [2.05, 4.69) is 4.98 Å². The van der Waals surface area contributed by atoms with Gasteiger partial charge < -0.3 is 0 Å². The lowest BCUT2D eigenvalue weighted by atomic mass is 10.2. The Morgan fingerprint density at radius 3 is 2.70 bits per heavy atom. The molecule has 0 radical (unpaired) electrons. The second-order valence-corrected chi connectivity index (χ2v) is 4.24. The minimum Gasteiger partial charge on any atom is -0.296 e. The van der Waals surface area contributed by atoms with E-state index < -0.39 is 27.7 Å². The fraction of sp³-hybridized carbons (Fsp3) is 0.167. The normalized spacial score (nSPS) is 10.5. The van der Waals surface area contributed by atoms with Gasteiger partial charge in [0.05, 0.1) is 11.5 Å². The van der Waals surface area contributed by atoms with Crippen LogP contribution in [0.3, 0.4) is 0 Å². The average Bonchev–Trinajstić information content (AvgIpc) is 2.35. The van der Waals surface area contributed by atoms with E-state index in [1.165, 1.54) is 23.8 Å². The molecule has 0 saturated carbocycles. The van der Waals surface area contributed by atoms with Gasteiger partial charge in [0.15, 0.2) is 0 Å². The van der Waals surface area contributed by atoms with Gasteiger partial charge in [-0.1, -0.05) is 6.07 Å². The van der Waals surface area contributed by atoms with Crippen LogP contribution in [0, 0.1) is 22.9 Å². The van der Waals surface area contributed by atoms with Gasteiger partial charge in [-0.15, -0.1) is 0 Å². The number of rotatable bonds is 3. The molecule has 0 amide bonds. The van der Waals surface area contributed by atoms with Crippen LogP contribution in [0.2, 0.25) is 0 Å². The molecule has 7 nitrogen and oxygen atoms in total. The van der Waals surface area contributed by atoms with Crippen LogP contribution >= 0.6 is 0 Å². The number of aromatic amines is 1. The number of nitro groups is 1. The molecule has 8 heteroatoms. The first-order valence-electron chi connectivity index (χ1n) is 5.61. The van der Waals surface area contributed by atoms with Crippen molar-refractivity contribution in [1.29, 1.82) is 0 Å². The summed E-state index contributed by atoms with van der Waals surface area (Å²) in [4.78, 5) is 34.6. The predicted octanol–water partition coefficient (Wildman–Crippen LogP) is 0.941. The molecule has 0 aliphatic rings. The molecule has 0 bridgehead atoms. The molecule has 0 fully saturated rings. The van der Waals surface area contributed by atoms with Crippen molar-refractivity contribution in [2.24, 2.45) is 0 Å². The highest BCUT2D eigenvalue weighted by atomic mass is 19.1. The van der Waals surface area contributed by atoms with Crippen LogP contribution in [0.1, 0.15) is 11.1 Å². The van der Waals surface area contributed by atoms with Crippen molar-refractivity contribution in [2.45, 2.75) is 13.5 Å². The molecule has 1 heterocycles. The first-order valence-corrected chi connectivity index (χ1v) is 5.61. The molecule has 2 rings (SSSR count). The van der Waals surface area contributed by atoms with Crippen molar-refractivity contribution in [3.8, 4) is 0 Å². The molecule has 1 aromatic carbocycles. The lowest BCUT2D eigenvalue weighted by Gasteiger charge is -2.06. The van der Waals surface area contributed by atoms with Crippen molar-refractivity contribution in [3.05, 3.63) is 72.3 Å². The Kier molecular flexibility index (Phi) is 3.47. The van der Waals surface area contributed by atoms with Crippen molar-refractivity contribution in [3.63, 3.8) is 0 Å². The van der Waals surface area contributed by atoms with Gasteiger partial charge in [-0.3, -0.25) is 24.5 Å². The van der Waals surface area contributed by atoms with E-state index >= 15 is 0 Å². The summed E-state index contributed by atoms with van der Waals surface area (Å²) in [6, 6.07) is 3.38. The molecule has 2 aromatic rings. The first-order chi connectivity index (χ1) is 9.38. The van der Waals surface area contributed by atoms with Gasteiger partial charge >= 0.3 is 11.4 Å². The highest BCUT2D eigenvalue weighted by molar-refractivity contribution is 5.35. The molecular weight excluding hydrogens is 269 g/mol. The van der Waals surface area contributed by atoms with E-state index in [1.54, 1.807) is 0 Å². The topological polar surface area (TPSA) is 98.0 Å². The molecule has 0 aliphatic heterocycles. The third-order valence-electron chi connectivity index (χ3n) is 2.75. The molecule has 0 unspecified atom stereocenters. The third-order valence-corrected chi connectivity index (χ3v) is 2.75. The van der Waals surface area contributed by atoms with Gasteiger partial charge in [-0.2, -0.15) is 4.39 Å². The summed E-state index contributed by atoms with van der Waals surface area (Å²) < 4.78 is 14.7. The van der Waals surface area contributed by atoms with Crippen LogP contribution in [-0.2, 0) is 6.54 Å². The number of aryl methyl sites for hydroxylation is 1. The van der Waals surface area contributed by atoms with E-state index in [0.717, 1.165) is 12.1 Å². The number of aromatic nitrogens is 2. The van der Waals surface area contributed by atoms with E-state index in [1.807, 2.05) is 0 Å². The molecule has 0 saturated heterocycles. The molecule has 104 valence electrons. The summed E-state index contributed by atoms with van der Waals surface area (Å²) in [5, 5.41) is 10.5. The smallest absolute Gasteiger partial charge is 0.296 e. The lowest BCUT2D eigenvalue weighted by molar-refractivity contribution is -0.387. The van der Waals surface area contributed by atoms with Crippen molar-refractivity contribution in [1.82, 2.24) is 9.55 Å². The number of nitrogens with one attached hydrogen (secondary N) is 1. The number of benzene rings is 1. The summed E-state index contributed by atoms with van der Waals surface area (Å²) in [5.41, 5.74) is -1.02. The van der Waals surface area contributed by atoms with Gasteiger partial charge in [0.2, 0.25) is 5.82 Å². The quantitative estimate of drug-likeness (QED) is 0.667. The largest absolute Gasteiger partial charge is 0.328 e. The van der Waals surface area contributed by atoms with Gasteiger partial charge in [0.1, 0.15) is 0 Å². The Morgan fingerprint density at radius 1 is 1.40 bits per heavy atom. The van der Waals surface area contributed by atoms with Gasteiger partial charge in [0.25, 0.3) is 5.56 Å². The molecule has 1 N–H and O–H groups in total. The van der Waals surface area contributed by atoms with E-state index in [-0.39, 0.29) is 6.54 Å². The molecule has 1 aromatic heterocycles. The van der Waals surface area contributed by atoms with Crippen molar-refractivity contribution in [2.75, 3.05) is 0 Å². The zero-order chi connectivity index (χ0) is 14.9. The maximum Gasteiger partial charge on any atom is 0.328 e. The molecule has 0 aliphatic carbocycles. The Morgan fingerprint density at radius 2 is 2.10 bits per heavy atom. The maximum atomic E-state index is 13.5. The summed E-state index contributed by atoms with van der Waals surface area (Å²) in [5.74, 6) is -0.971. The van der Waals surface area contributed by atoms with Crippen LogP contribution in [0.25, 0.3) is 0 Å². The number of nitrogens with zero attached hydrogens (tertiary/aromatic N) is 2. The van der Waals surface area contributed by atoms with Crippen LogP contribution < -0.4 is 11.2 Å². The monoisotopic (exact) mass is 279 g/mol.